The van der Waals surface area contributed by atoms with Crippen LogP contribution in [0.2, 0.25) is 5.02 Å². The lowest BCUT2D eigenvalue weighted by Crippen LogP contribution is -2.47. The molecule has 0 spiro atoms. The molecule has 5 heteroatoms. The summed E-state index contributed by atoms with van der Waals surface area (Å²) in [6, 6.07) is 4.59. The second-order valence-electron chi connectivity index (χ2n) is 4.46. The number of benzene rings is 1. The van der Waals surface area contributed by atoms with Crippen LogP contribution in [0.1, 0.15) is 19.3 Å². The summed E-state index contributed by atoms with van der Waals surface area (Å²) in [4.78, 5) is 12.0. The molecule has 1 amide bonds. The number of phenolic OH excluding ortho intramolecular Hbond substituents is 1. The predicted molar refractivity (Wildman–Crippen MR) is 67.1 cm³/mol. The quantitative estimate of drug-likeness (QED) is 0.723. The van der Waals surface area contributed by atoms with Crippen LogP contribution in [-0.4, -0.2) is 17.6 Å². The van der Waals surface area contributed by atoms with Crippen LogP contribution >= 0.6 is 11.6 Å². The van der Waals surface area contributed by atoms with Crippen molar-refractivity contribution in [2.45, 2.75) is 19.3 Å². The normalized spacial score (nSPS) is 17.3. The van der Waals surface area contributed by atoms with Gasteiger partial charge in [0.1, 0.15) is 5.75 Å². The van der Waals surface area contributed by atoms with Crippen molar-refractivity contribution in [3.05, 3.63) is 23.2 Å². The number of carbonyl (C=O) groups excluding carboxylic acids is 1. The molecule has 1 aliphatic carbocycles. The number of amides is 1. The Bertz CT molecular complexity index is 439. The molecule has 0 aliphatic heterocycles. The van der Waals surface area contributed by atoms with E-state index in [1.807, 2.05) is 0 Å². The zero-order valence-electron chi connectivity index (χ0n) is 9.37. The van der Waals surface area contributed by atoms with Crippen LogP contribution in [-0.2, 0) is 4.79 Å². The molecular formula is C12H15ClN2O2. The van der Waals surface area contributed by atoms with Crippen LogP contribution < -0.4 is 11.1 Å². The molecule has 4 N–H and O–H groups in total. The third-order valence-electron chi connectivity index (χ3n) is 3.39. The van der Waals surface area contributed by atoms with Crippen molar-refractivity contribution in [3.8, 4) is 5.75 Å². The monoisotopic (exact) mass is 254 g/mol. The fourth-order valence-corrected chi connectivity index (χ4v) is 2.16. The van der Waals surface area contributed by atoms with Crippen molar-refractivity contribution in [2.24, 2.45) is 11.1 Å². The van der Waals surface area contributed by atoms with Gasteiger partial charge in [0.25, 0.3) is 0 Å². The number of phenols is 1. The van der Waals surface area contributed by atoms with Gasteiger partial charge in [0.05, 0.1) is 10.4 Å². The van der Waals surface area contributed by atoms with Crippen molar-refractivity contribution in [2.75, 3.05) is 11.9 Å². The van der Waals surface area contributed by atoms with E-state index in [9.17, 15) is 9.90 Å². The van der Waals surface area contributed by atoms with Gasteiger partial charge in [0, 0.05) is 12.2 Å². The Hall–Kier alpha value is -1.26. The van der Waals surface area contributed by atoms with Crippen molar-refractivity contribution in [3.63, 3.8) is 0 Å². The SMILES string of the molecule is NCC1(C(=O)Nc2ccc(O)c(Cl)c2)CCC1. The smallest absolute Gasteiger partial charge is 0.231 e. The van der Waals surface area contributed by atoms with Gasteiger partial charge >= 0.3 is 0 Å². The molecule has 0 bridgehead atoms. The Kier molecular flexibility index (Phi) is 3.26. The maximum atomic E-state index is 12.0. The first-order valence-electron chi connectivity index (χ1n) is 5.57. The highest BCUT2D eigenvalue weighted by atomic mass is 35.5. The fraction of sp³-hybridized carbons (Fsp3) is 0.417. The Morgan fingerprint density at radius 3 is 2.71 bits per heavy atom. The molecule has 1 saturated carbocycles. The summed E-state index contributed by atoms with van der Waals surface area (Å²) in [5, 5.41) is 12.3. The van der Waals surface area contributed by atoms with Crippen molar-refractivity contribution >= 4 is 23.2 Å². The first-order valence-corrected chi connectivity index (χ1v) is 5.95. The Balaban J connectivity index is 2.10. The number of hydrogen-bond donors (Lipinski definition) is 3. The second kappa shape index (κ2) is 4.55. The molecule has 0 aromatic heterocycles. The van der Waals surface area contributed by atoms with Gasteiger partial charge in [-0.05, 0) is 31.0 Å². The Morgan fingerprint density at radius 1 is 1.53 bits per heavy atom. The molecule has 1 aromatic carbocycles. The number of nitrogens with one attached hydrogen (secondary N) is 1. The first-order chi connectivity index (χ1) is 8.07. The summed E-state index contributed by atoms with van der Waals surface area (Å²) in [5.74, 6) is -0.0603. The average Bonchev–Trinajstić information content (AvgIpc) is 2.23. The number of anilines is 1. The molecule has 0 unspecified atom stereocenters. The lowest BCUT2D eigenvalue weighted by atomic mass is 9.68. The Labute approximate surface area is 105 Å². The molecule has 2 rings (SSSR count). The lowest BCUT2D eigenvalue weighted by molar-refractivity contribution is -0.129. The van der Waals surface area contributed by atoms with Gasteiger partial charge in [-0.25, -0.2) is 0 Å². The predicted octanol–water partition coefficient (Wildman–Crippen LogP) is 2.11. The van der Waals surface area contributed by atoms with E-state index in [-0.39, 0.29) is 16.7 Å². The molecule has 17 heavy (non-hydrogen) atoms. The third kappa shape index (κ3) is 2.23. The minimum Gasteiger partial charge on any atom is -0.506 e. The van der Waals surface area contributed by atoms with Gasteiger partial charge < -0.3 is 16.2 Å². The zero-order valence-corrected chi connectivity index (χ0v) is 10.1. The molecule has 1 aliphatic rings. The van der Waals surface area contributed by atoms with E-state index in [0.717, 1.165) is 19.3 Å². The molecule has 0 heterocycles. The van der Waals surface area contributed by atoms with Crippen LogP contribution in [0.15, 0.2) is 18.2 Å². The molecule has 1 fully saturated rings. The summed E-state index contributed by atoms with van der Waals surface area (Å²) < 4.78 is 0. The van der Waals surface area contributed by atoms with Gasteiger partial charge in [0.15, 0.2) is 0 Å². The van der Waals surface area contributed by atoms with E-state index >= 15 is 0 Å². The summed E-state index contributed by atoms with van der Waals surface area (Å²) in [7, 11) is 0. The highest BCUT2D eigenvalue weighted by molar-refractivity contribution is 6.32. The number of aromatic hydroxyl groups is 1. The first kappa shape index (κ1) is 12.2. The maximum Gasteiger partial charge on any atom is 0.231 e. The molecule has 1 aromatic rings. The number of hydrogen-bond acceptors (Lipinski definition) is 3. The van der Waals surface area contributed by atoms with E-state index in [4.69, 9.17) is 17.3 Å². The fourth-order valence-electron chi connectivity index (χ4n) is 1.98. The maximum absolute atomic E-state index is 12.0. The van der Waals surface area contributed by atoms with Gasteiger partial charge in [-0.1, -0.05) is 18.0 Å². The standard InChI is InChI=1S/C12H15ClN2O2/c13-9-6-8(2-3-10(9)16)15-11(17)12(7-14)4-1-5-12/h2-3,6,16H,1,4-5,7,14H2,(H,15,17). The molecule has 0 atom stereocenters. The highest BCUT2D eigenvalue weighted by Gasteiger charge is 2.42. The molecular weight excluding hydrogens is 240 g/mol. The number of nitrogens with two attached hydrogens (primary N) is 1. The van der Waals surface area contributed by atoms with Crippen molar-refractivity contribution in [1.29, 1.82) is 0 Å². The molecule has 92 valence electrons. The summed E-state index contributed by atoms with van der Waals surface area (Å²) >= 11 is 5.77. The summed E-state index contributed by atoms with van der Waals surface area (Å²) in [6.07, 6.45) is 2.71. The number of halogens is 1. The van der Waals surface area contributed by atoms with Crippen LogP contribution in [0.5, 0.6) is 5.75 Å². The van der Waals surface area contributed by atoms with E-state index < -0.39 is 5.41 Å². The van der Waals surface area contributed by atoms with Gasteiger partial charge in [-0.15, -0.1) is 0 Å². The minimum absolute atomic E-state index is 0.00171. The number of rotatable bonds is 3. The highest BCUT2D eigenvalue weighted by Crippen LogP contribution is 2.41. The topological polar surface area (TPSA) is 75.4 Å². The van der Waals surface area contributed by atoms with Gasteiger partial charge in [-0.3, -0.25) is 4.79 Å². The summed E-state index contributed by atoms with van der Waals surface area (Å²) in [5.41, 5.74) is 5.82. The second-order valence-corrected chi connectivity index (χ2v) is 4.87. The van der Waals surface area contributed by atoms with E-state index in [2.05, 4.69) is 5.32 Å². The van der Waals surface area contributed by atoms with E-state index in [1.165, 1.54) is 12.1 Å². The van der Waals surface area contributed by atoms with Crippen LogP contribution in [0, 0.1) is 5.41 Å². The molecule has 0 saturated heterocycles. The molecule has 0 radical (unpaired) electrons. The zero-order chi connectivity index (χ0) is 12.5. The number of carbonyl (C=O) groups is 1. The molecule has 4 nitrogen and oxygen atoms in total. The average molecular weight is 255 g/mol. The van der Waals surface area contributed by atoms with Crippen molar-refractivity contribution < 1.29 is 9.90 Å². The van der Waals surface area contributed by atoms with Crippen LogP contribution in [0.25, 0.3) is 0 Å². The van der Waals surface area contributed by atoms with Gasteiger partial charge in [-0.2, -0.15) is 0 Å². The van der Waals surface area contributed by atoms with E-state index in [0.29, 0.717) is 12.2 Å². The lowest BCUT2D eigenvalue weighted by Gasteiger charge is -2.39. The van der Waals surface area contributed by atoms with Gasteiger partial charge in [0.2, 0.25) is 5.91 Å². The largest absolute Gasteiger partial charge is 0.506 e. The van der Waals surface area contributed by atoms with Crippen molar-refractivity contribution in [1.82, 2.24) is 0 Å². The van der Waals surface area contributed by atoms with Crippen LogP contribution in [0.3, 0.4) is 0 Å². The van der Waals surface area contributed by atoms with E-state index in [1.54, 1.807) is 6.07 Å². The Morgan fingerprint density at radius 2 is 2.24 bits per heavy atom. The third-order valence-corrected chi connectivity index (χ3v) is 3.69. The minimum atomic E-state index is -0.412. The summed E-state index contributed by atoms with van der Waals surface area (Å²) in [6.45, 7) is 0.366. The van der Waals surface area contributed by atoms with Crippen LogP contribution in [0.4, 0.5) is 5.69 Å².